The minimum atomic E-state index is -0.436. The van der Waals surface area contributed by atoms with E-state index in [0.717, 1.165) is 18.4 Å². The highest BCUT2D eigenvalue weighted by Gasteiger charge is 2.26. The molecule has 2 rings (SSSR count). The van der Waals surface area contributed by atoms with Gasteiger partial charge in [-0.15, -0.1) is 0 Å². The molecule has 1 heterocycles. The van der Waals surface area contributed by atoms with E-state index in [1.807, 2.05) is 19.1 Å². The van der Waals surface area contributed by atoms with Crippen LogP contribution in [0, 0.1) is 0 Å². The normalized spacial score (nSPS) is 16.6. The van der Waals surface area contributed by atoms with Crippen molar-refractivity contribution in [1.29, 1.82) is 0 Å². The Labute approximate surface area is 101 Å². The van der Waals surface area contributed by atoms with Crippen LogP contribution in [0.5, 0.6) is 0 Å². The third-order valence-corrected chi connectivity index (χ3v) is 3.15. The van der Waals surface area contributed by atoms with Gasteiger partial charge in [-0.3, -0.25) is 9.59 Å². The number of amides is 1. The summed E-state index contributed by atoms with van der Waals surface area (Å²) in [4.78, 5) is 23.9. The number of aryl methyl sites for hydroxylation is 1. The standard InChI is InChI=1S/C13H18N2O2/c1-3-10-5-4-8-15(13(10)17)9(2)12(16)14-11-6-7-11/h4-5,8-9,11H,3,6-7H2,1-2H3,(H,14,16). The van der Waals surface area contributed by atoms with Crippen molar-refractivity contribution in [2.24, 2.45) is 0 Å². The maximum Gasteiger partial charge on any atom is 0.254 e. The van der Waals surface area contributed by atoms with Crippen molar-refractivity contribution in [2.75, 3.05) is 0 Å². The molecule has 92 valence electrons. The van der Waals surface area contributed by atoms with Crippen LogP contribution >= 0.6 is 0 Å². The number of pyridine rings is 1. The summed E-state index contributed by atoms with van der Waals surface area (Å²) >= 11 is 0. The maximum absolute atomic E-state index is 12.0. The second kappa shape index (κ2) is 4.73. The molecule has 1 amide bonds. The zero-order valence-electron chi connectivity index (χ0n) is 10.3. The highest BCUT2D eigenvalue weighted by atomic mass is 16.2. The molecule has 0 radical (unpaired) electrons. The van der Waals surface area contributed by atoms with Gasteiger partial charge in [0.15, 0.2) is 0 Å². The van der Waals surface area contributed by atoms with E-state index in [2.05, 4.69) is 5.32 Å². The molecule has 0 aromatic carbocycles. The molecule has 0 saturated heterocycles. The van der Waals surface area contributed by atoms with E-state index in [-0.39, 0.29) is 11.5 Å². The summed E-state index contributed by atoms with van der Waals surface area (Å²) in [7, 11) is 0. The molecule has 1 unspecified atom stereocenters. The SMILES string of the molecule is CCc1cccn(C(C)C(=O)NC2CC2)c1=O. The zero-order valence-corrected chi connectivity index (χ0v) is 10.3. The van der Waals surface area contributed by atoms with Crippen molar-refractivity contribution in [2.45, 2.75) is 45.2 Å². The number of aromatic nitrogens is 1. The monoisotopic (exact) mass is 234 g/mol. The smallest absolute Gasteiger partial charge is 0.254 e. The molecule has 17 heavy (non-hydrogen) atoms. The van der Waals surface area contributed by atoms with Gasteiger partial charge < -0.3 is 9.88 Å². The summed E-state index contributed by atoms with van der Waals surface area (Å²) < 4.78 is 1.51. The first-order valence-corrected chi connectivity index (χ1v) is 6.14. The molecule has 1 saturated carbocycles. The van der Waals surface area contributed by atoms with Crippen molar-refractivity contribution in [3.05, 3.63) is 34.2 Å². The summed E-state index contributed by atoms with van der Waals surface area (Å²) in [6.45, 7) is 3.70. The van der Waals surface area contributed by atoms with Crippen LogP contribution in [0.4, 0.5) is 0 Å². The Bertz CT molecular complexity index is 475. The van der Waals surface area contributed by atoms with Crippen molar-refractivity contribution >= 4 is 5.91 Å². The van der Waals surface area contributed by atoms with E-state index in [1.165, 1.54) is 4.57 Å². The van der Waals surface area contributed by atoms with Gasteiger partial charge in [0.25, 0.3) is 5.56 Å². The van der Waals surface area contributed by atoms with Crippen LogP contribution in [0.25, 0.3) is 0 Å². The Hall–Kier alpha value is -1.58. The van der Waals surface area contributed by atoms with E-state index in [0.29, 0.717) is 12.5 Å². The number of hydrogen-bond donors (Lipinski definition) is 1. The van der Waals surface area contributed by atoms with Crippen molar-refractivity contribution < 1.29 is 4.79 Å². The molecule has 1 aliphatic rings. The zero-order chi connectivity index (χ0) is 12.4. The maximum atomic E-state index is 12.0. The van der Waals surface area contributed by atoms with Gasteiger partial charge >= 0.3 is 0 Å². The van der Waals surface area contributed by atoms with Crippen molar-refractivity contribution in [1.82, 2.24) is 9.88 Å². The fourth-order valence-electron chi connectivity index (χ4n) is 1.81. The van der Waals surface area contributed by atoms with Gasteiger partial charge in [0.2, 0.25) is 5.91 Å². The number of rotatable bonds is 4. The van der Waals surface area contributed by atoms with Gasteiger partial charge in [-0.2, -0.15) is 0 Å². The molecule has 1 aliphatic carbocycles. The van der Waals surface area contributed by atoms with E-state index in [1.54, 1.807) is 13.1 Å². The van der Waals surface area contributed by atoms with E-state index in [9.17, 15) is 9.59 Å². The summed E-state index contributed by atoms with van der Waals surface area (Å²) in [6.07, 6.45) is 4.49. The number of carbonyl (C=O) groups excluding carboxylic acids is 1. The Morgan fingerprint density at radius 1 is 1.59 bits per heavy atom. The van der Waals surface area contributed by atoms with Crippen LogP contribution in [0.3, 0.4) is 0 Å². The largest absolute Gasteiger partial charge is 0.352 e. The number of carbonyl (C=O) groups is 1. The molecule has 4 nitrogen and oxygen atoms in total. The summed E-state index contributed by atoms with van der Waals surface area (Å²) in [5, 5.41) is 2.92. The average molecular weight is 234 g/mol. The highest BCUT2D eigenvalue weighted by molar-refractivity contribution is 5.80. The molecule has 0 aliphatic heterocycles. The van der Waals surface area contributed by atoms with Gasteiger partial charge in [0.05, 0.1) is 0 Å². The summed E-state index contributed by atoms with van der Waals surface area (Å²) in [5.41, 5.74) is 0.687. The van der Waals surface area contributed by atoms with Gasteiger partial charge in [-0.25, -0.2) is 0 Å². The molecule has 1 N–H and O–H groups in total. The number of nitrogens with one attached hydrogen (secondary N) is 1. The highest BCUT2D eigenvalue weighted by Crippen LogP contribution is 2.19. The van der Waals surface area contributed by atoms with Crippen LogP contribution < -0.4 is 10.9 Å². The fraction of sp³-hybridized carbons (Fsp3) is 0.538. The molecule has 1 fully saturated rings. The van der Waals surface area contributed by atoms with E-state index < -0.39 is 6.04 Å². The molecular weight excluding hydrogens is 216 g/mol. The molecule has 1 aromatic heterocycles. The van der Waals surface area contributed by atoms with Gasteiger partial charge in [-0.1, -0.05) is 13.0 Å². The van der Waals surface area contributed by atoms with Crippen LogP contribution in [0.1, 0.15) is 38.3 Å². The second-order valence-electron chi connectivity index (χ2n) is 4.56. The molecular formula is C13H18N2O2. The minimum Gasteiger partial charge on any atom is -0.352 e. The van der Waals surface area contributed by atoms with E-state index >= 15 is 0 Å². The first-order chi connectivity index (χ1) is 8.13. The van der Waals surface area contributed by atoms with Gasteiger partial charge in [0.1, 0.15) is 6.04 Å². The number of hydrogen-bond acceptors (Lipinski definition) is 2. The first-order valence-electron chi connectivity index (χ1n) is 6.14. The van der Waals surface area contributed by atoms with E-state index in [4.69, 9.17) is 0 Å². The Morgan fingerprint density at radius 2 is 2.29 bits per heavy atom. The number of nitrogens with zero attached hydrogens (tertiary/aromatic N) is 1. The van der Waals surface area contributed by atoms with Gasteiger partial charge in [-0.05, 0) is 32.3 Å². The average Bonchev–Trinajstić information content (AvgIpc) is 3.12. The summed E-state index contributed by atoms with van der Waals surface area (Å²) in [5.74, 6) is -0.0668. The first kappa shape index (κ1) is 11.9. The molecule has 0 spiro atoms. The van der Waals surface area contributed by atoms with Crippen molar-refractivity contribution in [3.8, 4) is 0 Å². The quantitative estimate of drug-likeness (QED) is 0.852. The van der Waals surface area contributed by atoms with Crippen LogP contribution in [-0.4, -0.2) is 16.5 Å². The van der Waals surface area contributed by atoms with Crippen LogP contribution in [-0.2, 0) is 11.2 Å². The van der Waals surface area contributed by atoms with Crippen LogP contribution in [0.2, 0.25) is 0 Å². The predicted octanol–water partition coefficient (Wildman–Crippen LogP) is 1.25. The van der Waals surface area contributed by atoms with Crippen LogP contribution in [0.15, 0.2) is 23.1 Å². The molecule has 1 atom stereocenters. The Balaban J connectivity index is 2.20. The molecule has 0 bridgehead atoms. The van der Waals surface area contributed by atoms with Gasteiger partial charge in [0, 0.05) is 17.8 Å². The fourth-order valence-corrected chi connectivity index (χ4v) is 1.81. The summed E-state index contributed by atoms with van der Waals surface area (Å²) in [6, 6.07) is 3.52. The lowest BCUT2D eigenvalue weighted by molar-refractivity contribution is -0.124. The third-order valence-electron chi connectivity index (χ3n) is 3.15. The lowest BCUT2D eigenvalue weighted by Crippen LogP contribution is -2.37. The molecule has 4 heteroatoms. The molecule has 1 aromatic rings. The predicted molar refractivity (Wildman–Crippen MR) is 66.0 cm³/mol. The Kier molecular flexibility index (Phi) is 3.31. The Morgan fingerprint density at radius 3 is 2.88 bits per heavy atom. The lowest BCUT2D eigenvalue weighted by atomic mass is 10.2. The second-order valence-corrected chi connectivity index (χ2v) is 4.56. The lowest BCUT2D eigenvalue weighted by Gasteiger charge is -2.15. The van der Waals surface area contributed by atoms with Crippen molar-refractivity contribution in [3.63, 3.8) is 0 Å². The topological polar surface area (TPSA) is 51.1 Å². The third kappa shape index (κ3) is 2.57. The minimum absolute atomic E-state index is 0.0616.